The number of benzene rings is 1. The normalized spacial score (nSPS) is 12.2. The first kappa shape index (κ1) is 14.6. The summed E-state index contributed by atoms with van der Waals surface area (Å²) in [6.45, 7) is 2.92. The van der Waals surface area contributed by atoms with Gasteiger partial charge in [-0.3, -0.25) is 4.79 Å². The third kappa shape index (κ3) is 4.84. The third-order valence-corrected chi connectivity index (χ3v) is 2.89. The molecule has 0 saturated carbocycles. The Hall–Kier alpha value is -1.42. The highest BCUT2D eigenvalue weighted by Crippen LogP contribution is 2.06. The summed E-state index contributed by atoms with van der Waals surface area (Å²) in [5.74, 6) is -0.358. The van der Waals surface area contributed by atoms with Crippen molar-refractivity contribution in [2.24, 2.45) is 11.7 Å². The van der Waals surface area contributed by atoms with Crippen molar-refractivity contribution >= 4 is 5.91 Å². The fourth-order valence-corrected chi connectivity index (χ4v) is 1.87. The van der Waals surface area contributed by atoms with Gasteiger partial charge in [0.2, 0.25) is 5.91 Å². The van der Waals surface area contributed by atoms with E-state index in [0.29, 0.717) is 19.5 Å². The maximum atomic E-state index is 12.9. The van der Waals surface area contributed by atoms with E-state index < -0.39 is 0 Å². The first-order valence-electron chi connectivity index (χ1n) is 6.39. The molecule has 0 heterocycles. The molecule has 1 atom stereocenters. The molecule has 3 nitrogen and oxygen atoms in total. The molecule has 0 saturated heterocycles. The summed E-state index contributed by atoms with van der Waals surface area (Å²) in [5.41, 5.74) is 6.44. The summed E-state index contributed by atoms with van der Waals surface area (Å²) < 4.78 is 12.9. The fourth-order valence-electron chi connectivity index (χ4n) is 1.87. The number of halogens is 1. The maximum Gasteiger partial charge on any atom is 0.224 e. The van der Waals surface area contributed by atoms with Crippen LogP contribution in [0.4, 0.5) is 4.39 Å². The zero-order valence-corrected chi connectivity index (χ0v) is 10.8. The van der Waals surface area contributed by atoms with Crippen LogP contribution in [0, 0.1) is 11.7 Å². The Morgan fingerprint density at radius 2 is 2.28 bits per heavy atom. The van der Waals surface area contributed by atoms with Crippen LogP contribution in [0.25, 0.3) is 0 Å². The van der Waals surface area contributed by atoms with Gasteiger partial charge >= 0.3 is 0 Å². The second kappa shape index (κ2) is 7.82. The molecule has 1 aromatic rings. The van der Waals surface area contributed by atoms with Gasteiger partial charge in [-0.05, 0) is 30.5 Å². The lowest BCUT2D eigenvalue weighted by Gasteiger charge is -2.13. The Labute approximate surface area is 108 Å². The number of hydrogen-bond donors (Lipinski definition) is 2. The Bertz CT molecular complexity index is 382. The number of nitrogens with two attached hydrogens (primary N) is 1. The van der Waals surface area contributed by atoms with Crippen LogP contribution < -0.4 is 11.1 Å². The fraction of sp³-hybridized carbons (Fsp3) is 0.500. The molecule has 0 aromatic heterocycles. The summed E-state index contributed by atoms with van der Waals surface area (Å²) in [7, 11) is 0. The van der Waals surface area contributed by atoms with E-state index >= 15 is 0 Å². The van der Waals surface area contributed by atoms with Crippen LogP contribution in [0.2, 0.25) is 0 Å². The summed E-state index contributed by atoms with van der Waals surface area (Å²) in [6, 6.07) is 6.42. The molecular weight excluding hydrogens is 231 g/mol. The first-order chi connectivity index (χ1) is 8.67. The predicted octanol–water partition coefficient (Wildman–Crippen LogP) is 1.86. The van der Waals surface area contributed by atoms with E-state index in [-0.39, 0.29) is 17.6 Å². The quantitative estimate of drug-likeness (QED) is 0.778. The van der Waals surface area contributed by atoms with Crippen LogP contribution in [0.5, 0.6) is 0 Å². The van der Waals surface area contributed by atoms with Gasteiger partial charge in [0.15, 0.2) is 0 Å². The molecule has 1 rings (SSSR count). The lowest BCUT2D eigenvalue weighted by molar-refractivity contribution is -0.124. The Morgan fingerprint density at radius 1 is 1.50 bits per heavy atom. The van der Waals surface area contributed by atoms with Crippen molar-refractivity contribution in [2.75, 3.05) is 13.1 Å². The molecule has 18 heavy (non-hydrogen) atoms. The van der Waals surface area contributed by atoms with Crippen LogP contribution in [0.15, 0.2) is 24.3 Å². The highest BCUT2D eigenvalue weighted by molar-refractivity contribution is 5.78. The summed E-state index contributed by atoms with van der Waals surface area (Å²) in [4.78, 5) is 11.8. The van der Waals surface area contributed by atoms with Gasteiger partial charge in [-0.15, -0.1) is 0 Å². The van der Waals surface area contributed by atoms with Gasteiger partial charge in [0, 0.05) is 13.1 Å². The molecule has 0 bridgehead atoms. The molecule has 0 spiro atoms. The topological polar surface area (TPSA) is 55.1 Å². The van der Waals surface area contributed by atoms with Crippen molar-refractivity contribution in [1.82, 2.24) is 5.32 Å². The van der Waals surface area contributed by atoms with E-state index in [0.717, 1.165) is 18.4 Å². The summed E-state index contributed by atoms with van der Waals surface area (Å²) in [5, 5.41) is 2.85. The zero-order valence-electron chi connectivity index (χ0n) is 10.8. The second-order valence-corrected chi connectivity index (χ2v) is 4.39. The van der Waals surface area contributed by atoms with Gasteiger partial charge in [-0.1, -0.05) is 25.5 Å². The van der Waals surface area contributed by atoms with Gasteiger partial charge in [-0.25, -0.2) is 4.39 Å². The lowest BCUT2D eigenvalue weighted by Crippen LogP contribution is -2.36. The Morgan fingerprint density at radius 3 is 2.89 bits per heavy atom. The number of amides is 1. The van der Waals surface area contributed by atoms with Crippen molar-refractivity contribution in [3.8, 4) is 0 Å². The summed E-state index contributed by atoms with van der Waals surface area (Å²) >= 11 is 0. The number of carbonyl (C=O) groups is 1. The third-order valence-electron chi connectivity index (χ3n) is 2.89. The number of carbonyl (C=O) groups excluding carboxylic acids is 1. The molecule has 4 heteroatoms. The highest BCUT2D eigenvalue weighted by Gasteiger charge is 2.14. The maximum absolute atomic E-state index is 12.9. The average Bonchev–Trinajstić information content (AvgIpc) is 2.36. The van der Waals surface area contributed by atoms with Gasteiger partial charge in [0.05, 0.1) is 5.92 Å². The molecule has 3 N–H and O–H groups in total. The van der Waals surface area contributed by atoms with Gasteiger partial charge in [0.25, 0.3) is 0 Å². The molecule has 0 aliphatic heterocycles. The number of rotatable bonds is 7. The van der Waals surface area contributed by atoms with Crippen LogP contribution in [0.3, 0.4) is 0 Å². The average molecular weight is 252 g/mol. The molecule has 100 valence electrons. The molecule has 0 radical (unpaired) electrons. The zero-order chi connectivity index (χ0) is 13.4. The molecule has 1 aromatic carbocycles. The van der Waals surface area contributed by atoms with Gasteiger partial charge in [-0.2, -0.15) is 0 Å². The van der Waals surface area contributed by atoms with E-state index in [1.54, 1.807) is 6.07 Å². The number of nitrogens with one attached hydrogen (secondary N) is 1. The van der Waals surface area contributed by atoms with E-state index in [4.69, 9.17) is 5.73 Å². The molecule has 0 aliphatic rings. The lowest BCUT2D eigenvalue weighted by atomic mass is 10.0. The van der Waals surface area contributed by atoms with E-state index in [9.17, 15) is 9.18 Å². The largest absolute Gasteiger partial charge is 0.355 e. The van der Waals surface area contributed by atoms with Crippen LogP contribution in [-0.2, 0) is 11.2 Å². The van der Waals surface area contributed by atoms with Crippen molar-refractivity contribution in [1.29, 1.82) is 0 Å². The van der Waals surface area contributed by atoms with Crippen LogP contribution in [-0.4, -0.2) is 19.0 Å². The van der Waals surface area contributed by atoms with Crippen molar-refractivity contribution < 1.29 is 9.18 Å². The molecule has 0 fully saturated rings. The van der Waals surface area contributed by atoms with E-state index in [1.807, 2.05) is 13.0 Å². The van der Waals surface area contributed by atoms with E-state index in [1.165, 1.54) is 12.1 Å². The van der Waals surface area contributed by atoms with E-state index in [2.05, 4.69) is 5.32 Å². The molecule has 0 aliphatic carbocycles. The minimum absolute atomic E-state index is 0.00393. The smallest absolute Gasteiger partial charge is 0.224 e. The van der Waals surface area contributed by atoms with Crippen LogP contribution in [0.1, 0.15) is 25.3 Å². The standard InChI is InChI=1S/C14H21FN2O/c1-2-4-12(10-16)14(18)17-8-7-11-5-3-6-13(15)9-11/h3,5-6,9,12H,2,4,7-8,10,16H2,1H3,(H,17,18). The molecule has 1 unspecified atom stereocenters. The number of hydrogen-bond acceptors (Lipinski definition) is 2. The predicted molar refractivity (Wildman–Crippen MR) is 70.6 cm³/mol. The summed E-state index contributed by atoms with van der Waals surface area (Å²) in [6.07, 6.45) is 2.38. The first-order valence-corrected chi connectivity index (χ1v) is 6.39. The Balaban J connectivity index is 2.35. The second-order valence-electron chi connectivity index (χ2n) is 4.39. The highest BCUT2D eigenvalue weighted by atomic mass is 19.1. The van der Waals surface area contributed by atoms with Crippen molar-refractivity contribution in [3.63, 3.8) is 0 Å². The Kier molecular flexibility index (Phi) is 6.36. The molecular formula is C14H21FN2O. The van der Waals surface area contributed by atoms with Crippen LogP contribution >= 0.6 is 0 Å². The molecule has 1 amide bonds. The van der Waals surface area contributed by atoms with Gasteiger partial charge < -0.3 is 11.1 Å². The monoisotopic (exact) mass is 252 g/mol. The SMILES string of the molecule is CCCC(CN)C(=O)NCCc1cccc(F)c1. The van der Waals surface area contributed by atoms with Crippen molar-refractivity contribution in [3.05, 3.63) is 35.6 Å². The minimum Gasteiger partial charge on any atom is -0.355 e. The minimum atomic E-state index is -0.246. The van der Waals surface area contributed by atoms with Gasteiger partial charge in [0.1, 0.15) is 5.82 Å². The van der Waals surface area contributed by atoms with Crippen molar-refractivity contribution in [2.45, 2.75) is 26.2 Å².